The Hall–Kier alpha value is -6.91. The summed E-state index contributed by atoms with van der Waals surface area (Å²) in [6, 6.07) is 44.2. The number of methoxy groups -OCH3 is 2. The molecule has 0 unspecified atom stereocenters. The number of ether oxygens (including phenoxy) is 3. The first-order valence-corrected chi connectivity index (χ1v) is 18.9. The number of aliphatic hydroxyl groups is 1. The molecule has 0 radical (unpaired) electrons. The van der Waals surface area contributed by atoms with Gasteiger partial charge in [0, 0.05) is 13.1 Å². The van der Waals surface area contributed by atoms with Gasteiger partial charge in [-0.1, -0.05) is 133 Å². The molecule has 10 nitrogen and oxygen atoms in total. The standard InChI is InChI=1S/C48H44N2O8/c1-32(58-46(53)44-43(45(51)52)49(30-33-10-6-4-7-11-33)47(54)50(44)31-34-12-8-5-9-13-34)48(55,39-22-14-35(15-23-39)37-18-26-41(56-2)27-19-37)40-24-16-36(17-25-40)38-20-28-42(57-3)29-21-38/h4-29,32,43-44,55H,30-31H2,1-3H3,(H,51,52)/t32-,43-,44+/m0/s1. The van der Waals surface area contributed by atoms with Gasteiger partial charge in [0.15, 0.2) is 17.7 Å². The highest BCUT2D eigenvalue weighted by molar-refractivity contribution is 5.96. The molecule has 1 fully saturated rings. The SMILES string of the molecule is COc1ccc(-c2ccc(C(O)(c3ccc(-c4ccc(OC)cc4)cc3)[C@H](C)OC(=O)[C@H]3[C@@H](C(=O)O)N(Cc4ccccc4)C(=O)N3Cc3ccccc3)cc2)cc1. The van der Waals surface area contributed by atoms with Gasteiger partial charge in [0.25, 0.3) is 0 Å². The summed E-state index contributed by atoms with van der Waals surface area (Å²) in [7, 11) is 3.21. The molecule has 2 amide bonds. The molecular formula is C48H44N2O8. The van der Waals surface area contributed by atoms with Crippen molar-refractivity contribution in [1.82, 2.24) is 9.80 Å². The molecule has 58 heavy (non-hydrogen) atoms. The number of carbonyl (C=O) groups is 3. The van der Waals surface area contributed by atoms with Gasteiger partial charge in [-0.25, -0.2) is 14.4 Å². The fourth-order valence-corrected chi connectivity index (χ4v) is 7.53. The van der Waals surface area contributed by atoms with Crippen LogP contribution < -0.4 is 9.47 Å². The number of urea groups is 1. The molecule has 294 valence electrons. The number of benzene rings is 6. The number of carboxylic acids is 1. The number of amides is 2. The summed E-state index contributed by atoms with van der Waals surface area (Å²) in [5, 5.41) is 23.6. The first-order valence-electron chi connectivity index (χ1n) is 18.9. The minimum atomic E-state index is -1.91. The van der Waals surface area contributed by atoms with Gasteiger partial charge in [0.1, 0.15) is 17.6 Å². The molecule has 0 bridgehead atoms. The Kier molecular flexibility index (Phi) is 11.6. The molecule has 1 aliphatic heterocycles. The average Bonchev–Trinajstić information content (AvgIpc) is 3.54. The second-order valence-corrected chi connectivity index (χ2v) is 14.2. The lowest BCUT2D eigenvalue weighted by atomic mass is 9.81. The van der Waals surface area contributed by atoms with Gasteiger partial charge in [-0.05, 0) is 75.7 Å². The van der Waals surface area contributed by atoms with Crippen LogP contribution in [0, 0.1) is 0 Å². The Balaban J connectivity index is 1.25. The molecule has 1 aliphatic rings. The predicted molar refractivity (Wildman–Crippen MR) is 220 cm³/mol. The molecule has 6 aromatic carbocycles. The van der Waals surface area contributed by atoms with Gasteiger partial charge < -0.3 is 34.2 Å². The maximum absolute atomic E-state index is 14.6. The van der Waals surface area contributed by atoms with Crippen LogP contribution in [-0.4, -0.2) is 70.4 Å². The van der Waals surface area contributed by atoms with Gasteiger partial charge in [-0.2, -0.15) is 0 Å². The molecule has 0 aliphatic carbocycles. The molecule has 0 spiro atoms. The van der Waals surface area contributed by atoms with Crippen molar-refractivity contribution in [3.8, 4) is 33.8 Å². The Morgan fingerprint density at radius 1 is 0.586 bits per heavy atom. The van der Waals surface area contributed by atoms with E-state index in [-0.39, 0.29) is 13.1 Å². The summed E-state index contributed by atoms with van der Waals surface area (Å²) < 4.78 is 16.8. The lowest BCUT2D eigenvalue weighted by molar-refractivity contribution is -0.168. The highest BCUT2D eigenvalue weighted by Gasteiger charge is 2.55. The molecule has 3 atom stereocenters. The van der Waals surface area contributed by atoms with Gasteiger partial charge in [0.2, 0.25) is 0 Å². The van der Waals surface area contributed by atoms with Crippen LogP contribution in [0.3, 0.4) is 0 Å². The van der Waals surface area contributed by atoms with E-state index in [1.54, 1.807) is 81.8 Å². The molecule has 1 saturated heterocycles. The van der Waals surface area contributed by atoms with E-state index in [1.165, 1.54) is 9.80 Å². The van der Waals surface area contributed by atoms with Crippen molar-refractivity contribution in [2.45, 2.75) is 43.8 Å². The van der Waals surface area contributed by atoms with E-state index in [0.29, 0.717) is 22.3 Å². The predicted octanol–water partition coefficient (Wildman–Crippen LogP) is 8.17. The normalized spacial score (nSPS) is 15.8. The zero-order valence-electron chi connectivity index (χ0n) is 32.4. The Labute approximate surface area is 337 Å². The fraction of sp³-hybridized carbons (Fsp3) is 0.188. The molecule has 1 heterocycles. The van der Waals surface area contributed by atoms with Crippen molar-refractivity contribution in [2.75, 3.05) is 14.2 Å². The van der Waals surface area contributed by atoms with Crippen molar-refractivity contribution < 1.29 is 38.8 Å². The first kappa shape index (κ1) is 39.3. The zero-order chi connectivity index (χ0) is 40.8. The number of esters is 1. The second-order valence-electron chi connectivity index (χ2n) is 14.2. The van der Waals surface area contributed by atoms with Crippen LogP contribution in [0.4, 0.5) is 4.79 Å². The Morgan fingerprint density at radius 3 is 1.31 bits per heavy atom. The first-order chi connectivity index (χ1) is 28.1. The summed E-state index contributed by atoms with van der Waals surface area (Å²) in [4.78, 5) is 44.2. The van der Waals surface area contributed by atoms with Crippen molar-refractivity contribution in [3.63, 3.8) is 0 Å². The van der Waals surface area contributed by atoms with Gasteiger partial charge in [-0.15, -0.1) is 0 Å². The molecule has 2 N–H and O–H groups in total. The monoisotopic (exact) mass is 776 g/mol. The smallest absolute Gasteiger partial charge is 0.332 e. The highest BCUT2D eigenvalue weighted by atomic mass is 16.6. The van der Waals surface area contributed by atoms with Crippen LogP contribution in [0.1, 0.15) is 29.2 Å². The minimum absolute atomic E-state index is 0.0349. The highest BCUT2D eigenvalue weighted by Crippen LogP contribution is 2.38. The summed E-state index contributed by atoms with van der Waals surface area (Å²) in [5.41, 5.74) is 4.01. The van der Waals surface area contributed by atoms with Crippen LogP contribution in [0.15, 0.2) is 158 Å². The third kappa shape index (κ3) is 8.00. The molecule has 6 aromatic rings. The Bertz CT molecular complexity index is 2240. The number of carbonyl (C=O) groups excluding carboxylic acids is 2. The quantitative estimate of drug-likeness (QED) is 0.106. The summed E-state index contributed by atoms with van der Waals surface area (Å²) in [6.45, 7) is 1.50. The van der Waals surface area contributed by atoms with Gasteiger partial charge in [-0.3, -0.25) is 0 Å². The lowest BCUT2D eigenvalue weighted by Crippen LogP contribution is -2.51. The van der Waals surface area contributed by atoms with Crippen LogP contribution >= 0.6 is 0 Å². The van der Waals surface area contributed by atoms with E-state index >= 15 is 0 Å². The second kappa shape index (κ2) is 17.1. The van der Waals surface area contributed by atoms with Crippen LogP contribution in [0.5, 0.6) is 11.5 Å². The van der Waals surface area contributed by atoms with E-state index < -0.39 is 41.8 Å². The number of carboxylic acid groups (broad SMARTS) is 1. The van der Waals surface area contributed by atoms with E-state index in [2.05, 4.69) is 0 Å². The van der Waals surface area contributed by atoms with Crippen LogP contribution in [0.25, 0.3) is 22.3 Å². The largest absolute Gasteiger partial charge is 0.497 e. The average molecular weight is 777 g/mol. The molecule has 0 saturated carbocycles. The van der Waals surface area contributed by atoms with Crippen LogP contribution in [-0.2, 0) is 33.0 Å². The Morgan fingerprint density at radius 2 is 0.948 bits per heavy atom. The van der Waals surface area contributed by atoms with E-state index in [4.69, 9.17) is 14.2 Å². The summed E-state index contributed by atoms with van der Waals surface area (Å²) in [6.07, 6.45) is -1.26. The lowest BCUT2D eigenvalue weighted by Gasteiger charge is -2.36. The molecule has 10 heteroatoms. The van der Waals surface area contributed by atoms with Crippen molar-refractivity contribution in [1.29, 1.82) is 0 Å². The number of rotatable bonds is 14. The zero-order valence-corrected chi connectivity index (χ0v) is 32.4. The maximum atomic E-state index is 14.6. The maximum Gasteiger partial charge on any atom is 0.332 e. The van der Waals surface area contributed by atoms with E-state index in [9.17, 15) is 24.6 Å². The van der Waals surface area contributed by atoms with Crippen molar-refractivity contribution in [3.05, 3.63) is 180 Å². The van der Waals surface area contributed by atoms with Crippen molar-refractivity contribution in [2.24, 2.45) is 0 Å². The molecule has 7 rings (SSSR count). The van der Waals surface area contributed by atoms with Crippen molar-refractivity contribution >= 4 is 18.0 Å². The topological polar surface area (TPSA) is 126 Å². The van der Waals surface area contributed by atoms with Gasteiger partial charge >= 0.3 is 18.0 Å². The molecule has 0 aromatic heterocycles. The minimum Gasteiger partial charge on any atom is -0.497 e. The van der Waals surface area contributed by atoms with Crippen LogP contribution in [0.2, 0.25) is 0 Å². The fourth-order valence-electron chi connectivity index (χ4n) is 7.53. The third-order valence-corrected chi connectivity index (χ3v) is 10.7. The van der Waals surface area contributed by atoms with E-state index in [1.807, 2.05) is 97.1 Å². The number of aliphatic carboxylic acids is 1. The number of nitrogens with zero attached hydrogens (tertiary/aromatic N) is 2. The summed E-state index contributed by atoms with van der Waals surface area (Å²) >= 11 is 0. The third-order valence-electron chi connectivity index (χ3n) is 10.7. The number of hydrogen-bond acceptors (Lipinski definition) is 7. The summed E-state index contributed by atoms with van der Waals surface area (Å²) in [5.74, 6) is -0.859. The van der Waals surface area contributed by atoms with E-state index in [0.717, 1.165) is 33.8 Å². The number of hydrogen-bond donors (Lipinski definition) is 2. The molecular weight excluding hydrogens is 733 g/mol. The van der Waals surface area contributed by atoms with Gasteiger partial charge in [0.05, 0.1) is 14.2 Å².